The predicted octanol–water partition coefficient (Wildman–Crippen LogP) is 1.65. The van der Waals surface area contributed by atoms with Crippen LogP contribution in [0, 0.1) is 5.41 Å². The molecule has 0 fully saturated rings. The van der Waals surface area contributed by atoms with Gasteiger partial charge in [-0.2, -0.15) is 0 Å². The van der Waals surface area contributed by atoms with E-state index in [4.69, 9.17) is 9.47 Å². The molecular formula is C10H20O3. The van der Waals surface area contributed by atoms with Gasteiger partial charge in [0.05, 0.1) is 0 Å². The van der Waals surface area contributed by atoms with Gasteiger partial charge in [0.2, 0.25) is 0 Å². The Bertz CT molecular complexity index is 147. The molecule has 0 aliphatic carbocycles. The van der Waals surface area contributed by atoms with Gasteiger partial charge in [-0.3, -0.25) is 4.79 Å². The van der Waals surface area contributed by atoms with Crippen molar-refractivity contribution in [3.05, 3.63) is 0 Å². The fraction of sp³-hybridized carbons (Fsp3) is 0.900. The number of hydrogen-bond donors (Lipinski definition) is 0. The molecule has 0 N–H and O–H groups in total. The Labute approximate surface area is 80.4 Å². The Morgan fingerprint density at radius 3 is 2.31 bits per heavy atom. The summed E-state index contributed by atoms with van der Waals surface area (Å²) in [5.41, 5.74) is -0.290. The van der Waals surface area contributed by atoms with E-state index in [1.165, 1.54) is 0 Å². The van der Waals surface area contributed by atoms with E-state index in [1.54, 1.807) is 7.11 Å². The average Bonchev–Trinajstić information content (AvgIpc) is 2.02. The van der Waals surface area contributed by atoms with Gasteiger partial charge < -0.3 is 9.47 Å². The Hall–Kier alpha value is -0.410. The van der Waals surface area contributed by atoms with E-state index in [0.717, 1.165) is 6.42 Å². The molecule has 13 heavy (non-hydrogen) atoms. The summed E-state index contributed by atoms with van der Waals surface area (Å²) >= 11 is 0. The van der Waals surface area contributed by atoms with E-state index in [-0.39, 0.29) is 17.8 Å². The van der Waals surface area contributed by atoms with Crippen LogP contribution < -0.4 is 0 Å². The summed E-state index contributed by atoms with van der Waals surface area (Å²) in [4.78, 5) is 11.3. The van der Waals surface area contributed by atoms with Crippen LogP contribution in [0.25, 0.3) is 0 Å². The van der Waals surface area contributed by atoms with E-state index in [9.17, 15) is 4.79 Å². The number of carbonyl (C=O) groups excluding carboxylic acids is 1. The first-order valence-electron chi connectivity index (χ1n) is 4.58. The lowest BCUT2D eigenvalue weighted by Crippen LogP contribution is -2.25. The van der Waals surface area contributed by atoms with Gasteiger partial charge in [-0.25, -0.2) is 0 Å². The molecule has 0 unspecified atom stereocenters. The summed E-state index contributed by atoms with van der Waals surface area (Å²) in [5.74, 6) is 0.143. The van der Waals surface area contributed by atoms with Crippen LogP contribution in [0.5, 0.6) is 0 Å². The molecule has 0 aromatic rings. The second kappa shape index (κ2) is 6.11. The van der Waals surface area contributed by atoms with E-state index in [1.807, 2.05) is 20.8 Å². The minimum absolute atomic E-state index is 0.143. The molecule has 0 saturated carbocycles. The molecule has 0 aliphatic rings. The predicted molar refractivity (Wildman–Crippen MR) is 51.8 cm³/mol. The lowest BCUT2D eigenvalue weighted by atomic mass is 9.91. The van der Waals surface area contributed by atoms with Gasteiger partial charge in [0.15, 0.2) is 5.78 Å². The highest BCUT2D eigenvalue weighted by Gasteiger charge is 2.20. The quantitative estimate of drug-likeness (QED) is 0.595. The van der Waals surface area contributed by atoms with Crippen LogP contribution in [0.15, 0.2) is 0 Å². The van der Waals surface area contributed by atoms with Gasteiger partial charge in [-0.05, 0) is 6.42 Å². The Morgan fingerprint density at radius 2 is 1.85 bits per heavy atom. The molecule has 0 rings (SSSR count). The van der Waals surface area contributed by atoms with Crippen molar-refractivity contribution in [3.8, 4) is 0 Å². The highest BCUT2D eigenvalue weighted by molar-refractivity contribution is 5.84. The smallest absolute Gasteiger partial charge is 0.163 e. The van der Waals surface area contributed by atoms with Crippen LogP contribution in [-0.2, 0) is 14.3 Å². The molecule has 0 spiro atoms. The topological polar surface area (TPSA) is 35.5 Å². The number of rotatable bonds is 6. The normalized spacial score (nSPS) is 11.7. The molecule has 0 bridgehead atoms. The zero-order chi connectivity index (χ0) is 10.3. The summed E-state index contributed by atoms with van der Waals surface area (Å²) in [7, 11) is 1.65. The average molecular weight is 188 g/mol. The highest BCUT2D eigenvalue weighted by Crippen LogP contribution is 2.14. The first-order valence-corrected chi connectivity index (χ1v) is 4.58. The van der Waals surface area contributed by atoms with Crippen LogP contribution in [-0.4, -0.2) is 32.7 Å². The summed E-state index contributed by atoms with van der Waals surface area (Å²) in [6.45, 7) is 7.18. The van der Waals surface area contributed by atoms with Crippen molar-refractivity contribution in [2.45, 2.75) is 27.2 Å². The van der Waals surface area contributed by atoms with Gasteiger partial charge in [-0.1, -0.05) is 20.8 Å². The number of ether oxygens (including phenoxy) is 2. The fourth-order valence-corrected chi connectivity index (χ4v) is 0.687. The maximum atomic E-state index is 11.3. The first kappa shape index (κ1) is 12.6. The Balaban J connectivity index is 3.38. The van der Waals surface area contributed by atoms with Crippen molar-refractivity contribution in [3.63, 3.8) is 0 Å². The van der Waals surface area contributed by atoms with Crippen LogP contribution in [0.3, 0.4) is 0 Å². The largest absolute Gasteiger partial charge is 0.385 e. The number of ketones is 1. The van der Waals surface area contributed by atoms with Crippen molar-refractivity contribution in [1.29, 1.82) is 0 Å². The van der Waals surface area contributed by atoms with Crippen molar-refractivity contribution >= 4 is 5.78 Å². The number of methoxy groups -OCH3 is 1. The maximum Gasteiger partial charge on any atom is 0.163 e. The number of carbonyl (C=O) groups is 1. The molecule has 0 aliphatic heterocycles. The van der Waals surface area contributed by atoms with Gasteiger partial charge >= 0.3 is 0 Å². The monoisotopic (exact) mass is 188 g/mol. The lowest BCUT2D eigenvalue weighted by molar-refractivity contribution is -0.131. The first-order chi connectivity index (χ1) is 5.98. The standard InChI is InChI=1S/C10H20O3/c1-10(2,3)9(11)8-13-7-5-6-12-4/h5-8H2,1-4H3. The van der Waals surface area contributed by atoms with E-state index in [2.05, 4.69) is 0 Å². The van der Waals surface area contributed by atoms with Gasteiger partial charge in [0.1, 0.15) is 6.61 Å². The van der Waals surface area contributed by atoms with Crippen molar-refractivity contribution in [1.82, 2.24) is 0 Å². The molecule has 0 aromatic carbocycles. The fourth-order valence-electron chi connectivity index (χ4n) is 0.687. The molecule has 0 radical (unpaired) electrons. The minimum Gasteiger partial charge on any atom is -0.385 e. The minimum atomic E-state index is -0.290. The Morgan fingerprint density at radius 1 is 1.23 bits per heavy atom. The second-order valence-corrected chi connectivity index (χ2v) is 4.07. The van der Waals surface area contributed by atoms with Crippen LogP contribution in [0.2, 0.25) is 0 Å². The lowest BCUT2D eigenvalue weighted by Gasteiger charge is -2.16. The van der Waals surface area contributed by atoms with E-state index in [0.29, 0.717) is 13.2 Å². The molecule has 3 nitrogen and oxygen atoms in total. The third kappa shape index (κ3) is 6.72. The summed E-state index contributed by atoms with van der Waals surface area (Å²) < 4.78 is 10.0. The molecule has 0 heterocycles. The summed E-state index contributed by atoms with van der Waals surface area (Å²) in [5, 5.41) is 0. The van der Waals surface area contributed by atoms with Gasteiger partial charge in [-0.15, -0.1) is 0 Å². The molecule has 3 heteroatoms. The van der Waals surface area contributed by atoms with Crippen LogP contribution >= 0.6 is 0 Å². The molecule has 78 valence electrons. The molecule has 0 saturated heterocycles. The summed E-state index contributed by atoms with van der Waals surface area (Å²) in [6.07, 6.45) is 0.841. The molecule has 0 amide bonds. The molecular weight excluding hydrogens is 168 g/mol. The molecule has 0 atom stereocenters. The van der Waals surface area contributed by atoms with Crippen molar-refractivity contribution in [2.24, 2.45) is 5.41 Å². The van der Waals surface area contributed by atoms with Crippen molar-refractivity contribution < 1.29 is 14.3 Å². The van der Waals surface area contributed by atoms with Gasteiger partial charge in [0.25, 0.3) is 0 Å². The zero-order valence-corrected chi connectivity index (χ0v) is 9.05. The van der Waals surface area contributed by atoms with E-state index < -0.39 is 0 Å². The van der Waals surface area contributed by atoms with Crippen molar-refractivity contribution in [2.75, 3.05) is 26.9 Å². The third-order valence-electron chi connectivity index (χ3n) is 1.71. The highest BCUT2D eigenvalue weighted by atomic mass is 16.5. The number of hydrogen-bond acceptors (Lipinski definition) is 3. The zero-order valence-electron chi connectivity index (χ0n) is 9.05. The second-order valence-electron chi connectivity index (χ2n) is 4.07. The van der Waals surface area contributed by atoms with Gasteiger partial charge in [0, 0.05) is 25.7 Å². The summed E-state index contributed by atoms with van der Waals surface area (Å²) in [6, 6.07) is 0. The SMILES string of the molecule is COCCCOCC(=O)C(C)(C)C. The van der Waals surface area contributed by atoms with E-state index >= 15 is 0 Å². The van der Waals surface area contributed by atoms with Crippen LogP contribution in [0.1, 0.15) is 27.2 Å². The third-order valence-corrected chi connectivity index (χ3v) is 1.71. The van der Waals surface area contributed by atoms with Crippen LogP contribution in [0.4, 0.5) is 0 Å². The number of Topliss-reactive ketones (excluding diaryl/α,β-unsaturated/α-hetero) is 1. The molecule has 0 aromatic heterocycles. The maximum absolute atomic E-state index is 11.3. The Kier molecular flexibility index (Phi) is 5.91.